The molecular formula is C24H40N6O. The van der Waals surface area contributed by atoms with Gasteiger partial charge in [0.05, 0.1) is 6.04 Å². The van der Waals surface area contributed by atoms with Crippen LogP contribution in [0.5, 0.6) is 0 Å². The Balaban J connectivity index is 1.35. The number of carbonyl (C=O) groups excluding carboxylic acids is 1. The largest absolute Gasteiger partial charge is 0.372 e. The lowest BCUT2D eigenvalue weighted by atomic mass is 9.96. The first-order valence-electron chi connectivity index (χ1n) is 11.9. The first-order chi connectivity index (χ1) is 15.1. The number of carbonyl (C=O) groups is 1. The molecule has 0 aliphatic carbocycles. The van der Waals surface area contributed by atoms with Crippen molar-refractivity contribution in [2.75, 3.05) is 51.2 Å². The number of nitrogens with zero attached hydrogens (tertiary/aromatic N) is 3. The first-order valence-corrected chi connectivity index (χ1v) is 11.9. The predicted molar refractivity (Wildman–Crippen MR) is 128 cm³/mol. The molecule has 1 aromatic rings. The molecule has 0 bridgehead atoms. The van der Waals surface area contributed by atoms with Crippen molar-refractivity contribution in [1.29, 1.82) is 0 Å². The number of benzene rings is 1. The van der Waals surface area contributed by atoms with Gasteiger partial charge in [0.2, 0.25) is 5.91 Å². The Hall–Kier alpha value is -2.28. The second kappa shape index (κ2) is 11.9. The number of nitrogens with two attached hydrogens (primary N) is 1. The fourth-order valence-electron chi connectivity index (χ4n) is 4.56. The lowest BCUT2D eigenvalue weighted by molar-refractivity contribution is -0.123. The highest BCUT2D eigenvalue weighted by Crippen LogP contribution is 2.24. The molecule has 31 heavy (non-hydrogen) atoms. The topological polar surface area (TPSA) is 86.0 Å². The van der Waals surface area contributed by atoms with Crippen molar-refractivity contribution >= 4 is 17.6 Å². The van der Waals surface area contributed by atoms with Crippen molar-refractivity contribution in [2.45, 2.75) is 51.5 Å². The normalized spacial score (nSPS) is 19.4. The Morgan fingerprint density at radius 1 is 1.19 bits per heavy atom. The van der Waals surface area contributed by atoms with Gasteiger partial charge in [0.25, 0.3) is 0 Å². The summed E-state index contributed by atoms with van der Waals surface area (Å²) in [6.45, 7) is 8.47. The van der Waals surface area contributed by atoms with Gasteiger partial charge in [0.15, 0.2) is 5.96 Å². The number of unbranched alkanes of at least 4 members (excludes halogenated alkanes) is 1. The summed E-state index contributed by atoms with van der Waals surface area (Å²) in [5, 5.41) is 6.97. The van der Waals surface area contributed by atoms with E-state index < -0.39 is 0 Å². The molecule has 2 aliphatic heterocycles. The minimum atomic E-state index is -0.139. The summed E-state index contributed by atoms with van der Waals surface area (Å²) in [5.74, 6) is 0.784. The Bertz CT molecular complexity index is 723. The Kier molecular flexibility index (Phi) is 9.00. The van der Waals surface area contributed by atoms with Gasteiger partial charge in [-0.05, 0) is 82.8 Å². The van der Waals surface area contributed by atoms with Gasteiger partial charge in [-0.25, -0.2) is 0 Å². The van der Waals surface area contributed by atoms with Crippen LogP contribution >= 0.6 is 0 Å². The standard InChI is InChI=1S/C24H40N6O/c1-19(21-8-7-9-22(18-21)30-14-5-6-15-30)28-24(26-2)27-12-3-4-13-29-16-10-20(11-17-29)23(25)31/h7-9,18-20H,3-6,10-17H2,1-2H3,(H2,25,31)(H2,26,27,28). The maximum absolute atomic E-state index is 11.3. The zero-order valence-electron chi connectivity index (χ0n) is 19.3. The number of amides is 1. The Morgan fingerprint density at radius 3 is 2.61 bits per heavy atom. The average Bonchev–Trinajstić information content (AvgIpc) is 3.33. The van der Waals surface area contributed by atoms with E-state index >= 15 is 0 Å². The molecule has 2 fully saturated rings. The molecule has 0 saturated carbocycles. The van der Waals surface area contributed by atoms with Crippen LogP contribution in [0, 0.1) is 5.92 Å². The van der Waals surface area contributed by atoms with Crippen molar-refractivity contribution in [3.8, 4) is 0 Å². The predicted octanol–water partition coefficient (Wildman–Crippen LogP) is 2.49. The fourth-order valence-corrected chi connectivity index (χ4v) is 4.56. The number of hydrogen-bond acceptors (Lipinski definition) is 4. The number of piperidine rings is 1. The number of aliphatic imine (C=N–C) groups is 1. The van der Waals surface area contributed by atoms with Crippen LogP contribution < -0.4 is 21.3 Å². The monoisotopic (exact) mass is 428 g/mol. The number of nitrogens with one attached hydrogen (secondary N) is 2. The van der Waals surface area contributed by atoms with Crippen LogP contribution in [0.1, 0.15) is 57.1 Å². The van der Waals surface area contributed by atoms with E-state index in [0.29, 0.717) is 0 Å². The number of hydrogen-bond donors (Lipinski definition) is 3. The van der Waals surface area contributed by atoms with Crippen molar-refractivity contribution in [3.63, 3.8) is 0 Å². The van der Waals surface area contributed by atoms with Crippen LogP contribution in [0.15, 0.2) is 29.3 Å². The molecule has 2 saturated heterocycles. The van der Waals surface area contributed by atoms with Crippen LogP contribution in [-0.4, -0.2) is 63.1 Å². The first kappa shape index (κ1) is 23.4. The molecular weight excluding hydrogens is 388 g/mol. The summed E-state index contributed by atoms with van der Waals surface area (Å²) in [6, 6.07) is 9.05. The van der Waals surface area contributed by atoms with Gasteiger partial charge >= 0.3 is 0 Å². The molecule has 1 unspecified atom stereocenters. The molecule has 172 valence electrons. The highest BCUT2D eigenvalue weighted by molar-refractivity contribution is 5.80. The van der Waals surface area contributed by atoms with E-state index in [2.05, 4.69) is 56.6 Å². The van der Waals surface area contributed by atoms with Crippen molar-refractivity contribution in [1.82, 2.24) is 15.5 Å². The van der Waals surface area contributed by atoms with Crippen molar-refractivity contribution in [2.24, 2.45) is 16.6 Å². The minimum absolute atomic E-state index is 0.0744. The van der Waals surface area contributed by atoms with E-state index in [1.807, 2.05) is 7.05 Å². The smallest absolute Gasteiger partial charge is 0.220 e. The third-order valence-corrected chi connectivity index (χ3v) is 6.60. The molecule has 4 N–H and O–H groups in total. The summed E-state index contributed by atoms with van der Waals surface area (Å²) in [6.07, 6.45) is 6.62. The zero-order chi connectivity index (χ0) is 22.1. The molecule has 0 aromatic heterocycles. The highest BCUT2D eigenvalue weighted by atomic mass is 16.1. The second-order valence-electron chi connectivity index (χ2n) is 8.88. The molecule has 7 heteroatoms. The van der Waals surface area contributed by atoms with Gasteiger partial charge in [-0.1, -0.05) is 12.1 Å². The van der Waals surface area contributed by atoms with E-state index in [1.54, 1.807) is 0 Å². The zero-order valence-corrected chi connectivity index (χ0v) is 19.3. The number of guanidine groups is 1. The van der Waals surface area contributed by atoms with Gasteiger partial charge in [0.1, 0.15) is 0 Å². The number of primary amides is 1. The molecule has 0 spiro atoms. The second-order valence-corrected chi connectivity index (χ2v) is 8.88. The average molecular weight is 429 g/mol. The Labute approximate surface area is 187 Å². The molecule has 2 heterocycles. The SMILES string of the molecule is CN=C(NCCCCN1CCC(C(N)=O)CC1)NC(C)c1cccc(N2CCCC2)c1. The van der Waals surface area contributed by atoms with Crippen LogP contribution in [0.4, 0.5) is 5.69 Å². The number of rotatable bonds is 9. The maximum Gasteiger partial charge on any atom is 0.220 e. The Morgan fingerprint density at radius 2 is 1.94 bits per heavy atom. The summed E-state index contributed by atoms with van der Waals surface area (Å²) >= 11 is 0. The molecule has 7 nitrogen and oxygen atoms in total. The van der Waals surface area contributed by atoms with E-state index in [9.17, 15) is 4.79 Å². The molecule has 2 aliphatic rings. The van der Waals surface area contributed by atoms with E-state index in [0.717, 1.165) is 70.9 Å². The lowest BCUT2D eigenvalue weighted by Crippen LogP contribution is -2.40. The van der Waals surface area contributed by atoms with Crippen molar-refractivity contribution in [3.05, 3.63) is 29.8 Å². The number of likely N-dealkylation sites (tertiary alicyclic amines) is 1. The highest BCUT2D eigenvalue weighted by Gasteiger charge is 2.22. The molecule has 3 rings (SSSR count). The molecule has 1 atom stereocenters. The lowest BCUT2D eigenvalue weighted by Gasteiger charge is -2.30. The number of anilines is 1. The van der Waals surface area contributed by atoms with Gasteiger partial charge in [-0.3, -0.25) is 9.79 Å². The maximum atomic E-state index is 11.3. The van der Waals surface area contributed by atoms with Crippen LogP contribution in [0.3, 0.4) is 0 Å². The quantitative estimate of drug-likeness (QED) is 0.320. The summed E-state index contributed by atoms with van der Waals surface area (Å²) < 4.78 is 0. The minimum Gasteiger partial charge on any atom is -0.372 e. The van der Waals surface area contributed by atoms with Gasteiger partial charge in [-0.2, -0.15) is 0 Å². The molecule has 0 radical (unpaired) electrons. The van der Waals surface area contributed by atoms with E-state index in [1.165, 1.54) is 24.1 Å². The van der Waals surface area contributed by atoms with Crippen LogP contribution in [-0.2, 0) is 4.79 Å². The third kappa shape index (κ3) is 7.13. The molecule has 1 aromatic carbocycles. The van der Waals surface area contributed by atoms with Crippen LogP contribution in [0.2, 0.25) is 0 Å². The summed E-state index contributed by atoms with van der Waals surface area (Å²) in [4.78, 5) is 20.6. The van der Waals surface area contributed by atoms with Gasteiger partial charge in [-0.15, -0.1) is 0 Å². The van der Waals surface area contributed by atoms with E-state index in [4.69, 9.17) is 5.73 Å². The van der Waals surface area contributed by atoms with Crippen molar-refractivity contribution < 1.29 is 4.79 Å². The third-order valence-electron chi connectivity index (χ3n) is 6.60. The molecule has 1 amide bonds. The van der Waals surface area contributed by atoms with Crippen LogP contribution in [0.25, 0.3) is 0 Å². The van der Waals surface area contributed by atoms with Gasteiger partial charge in [0, 0.05) is 38.3 Å². The van der Waals surface area contributed by atoms with Gasteiger partial charge < -0.3 is 26.2 Å². The summed E-state index contributed by atoms with van der Waals surface area (Å²) in [7, 11) is 1.82. The van der Waals surface area contributed by atoms with E-state index in [-0.39, 0.29) is 17.9 Å². The fraction of sp³-hybridized carbons (Fsp3) is 0.667. The summed E-state index contributed by atoms with van der Waals surface area (Å²) in [5.41, 5.74) is 8.03.